The number of benzene rings is 1. The van der Waals surface area contributed by atoms with Crippen molar-refractivity contribution >= 4 is 5.91 Å². The lowest BCUT2D eigenvalue weighted by Crippen LogP contribution is -2.57. The van der Waals surface area contributed by atoms with Gasteiger partial charge in [0.25, 0.3) is 0 Å². The van der Waals surface area contributed by atoms with E-state index in [-0.39, 0.29) is 11.4 Å². The van der Waals surface area contributed by atoms with Crippen LogP contribution in [0.3, 0.4) is 0 Å². The number of hydrogen-bond acceptors (Lipinski definition) is 4. The third-order valence-electron chi connectivity index (χ3n) is 6.03. The SMILES string of the molecule is CC(=O)N1CCc2ccccc2C12CCN(CCOc1ccncc1)CC2. The Morgan fingerprint density at radius 2 is 1.85 bits per heavy atom. The quantitative estimate of drug-likeness (QED) is 0.836. The molecule has 1 fully saturated rings. The average Bonchev–Trinajstić information content (AvgIpc) is 2.70. The zero-order valence-electron chi connectivity index (χ0n) is 15.9. The van der Waals surface area contributed by atoms with E-state index < -0.39 is 0 Å². The Balaban J connectivity index is 1.42. The number of hydrogen-bond donors (Lipinski definition) is 0. The van der Waals surface area contributed by atoms with Gasteiger partial charge in [-0.1, -0.05) is 24.3 Å². The molecule has 2 aliphatic heterocycles. The van der Waals surface area contributed by atoms with Crippen LogP contribution in [0.15, 0.2) is 48.8 Å². The van der Waals surface area contributed by atoms with Crippen molar-refractivity contribution in [1.82, 2.24) is 14.8 Å². The summed E-state index contributed by atoms with van der Waals surface area (Å²) in [5.41, 5.74) is 2.63. The summed E-state index contributed by atoms with van der Waals surface area (Å²) in [5.74, 6) is 1.06. The summed E-state index contributed by atoms with van der Waals surface area (Å²) >= 11 is 0. The van der Waals surface area contributed by atoms with Crippen LogP contribution in [0.1, 0.15) is 30.9 Å². The van der Waals surface area contributed by atoms with Gasteiger partial charge in [-0.05, 0) is 42.5 Å². The van der Waals surface area contributed by atoms with Gasteiger partial charge in [0, 0.05) is 45.5 Å². The minimum absolute atomic E-state index is 0.136. The largest absolute Gasteiger partial charge is 0.492 e. The minimum Gasteiger partial charge on any atom is -0.492 e. The number of piperidine rings is 1. The van der Waals surface area contributed by atoms with Crippen LogP contribution < -0.4 is 4.74 Å². The van der Waals surface area contributed by atoms with E-state index in [1.54, 1.807) is 19.3 Å². The number of pyridine rings is 1. The predicted molar refractivity (Wildman–Crippen MR) is 105 cm³/mol. The second kappa shape index (κ2) is 7.69. The first-order chi connectivity index (χ1) is 13.2. The summed E-state index contributed by atoms with van der Waals surface area (Å²) < 4.78 is 5.82. The molecule has 0 radical (unpaired) electrons. The Kier molecular flexibility index (Phi) is 5.12. The van der Waals surface area contributed by atoms with Gasteiger partial charge in [0.05, 0.1) is 5.54 Å². The molecule has 0 atom stereocenters. The summed E-state index contributed by atoms with van der Waals surface area (Å²) in [6, 6.07) is 12.4. The second-order valence-electron chi connectivity index (χ2n) is 7.48. The number of rotatable bonds is 4. The third kappa shape index (κ3) is 3.56. The van der Waals surface area contributed by atoms with Crippen LogP contribution in [0.2, 0.25) is 0 Å². The Morgan fingerprint density at radius 1 is 1.11 bits per heavy atom. The van der Waals surface area contributed by atoms with Gasteiger partial charge in [0.1, 0.15) is 12.4 Å². The fraction of sp³-hybridized carbons (Fsp3) is 0.455. The van der Waals surface area contributed by atoms with E-state index in [0.717, 1.165) is 51.2 Å². The molecule has 0 unspecified atom stereocenters. The molecule has 27 heavy (non-hydrogen) atoms. The highest BCUT2D eigenvalue weighted by Gasteiger charge is 2.45. The van der Waals surface area contributed by atoms with E-state index in [0.29, 0.717) is 6.61 Å². The third-order valence-corrected chi connectivity index (χ3v) is 6.03. The number of amides is 1. The number of carbonyl (C=O) groups is 1. The van der Waals surface area contributed by atoms with Crippen LogP contribution in [-0.2, 0) is 16.8 Å². The fourth-order valence-electron chi connectivity index (χ4n) is 4.66. The highest BCUT2D eigenvalue weighted by atomic mass is 16.5. The van der Waals surface area contributed by atoms with Crippen molar-refractivity contribution in [2.75, 3.05) is 32.8 Å². The smallest absolute Gasteiger partial charge is 0.220 e. The van der Waals surface area contributed by atoms with Gasteiger partial charge in [-0.3, -0.25) is 14.7 Å². The minimum atomic E-state index is -0.136. The molecular formula is C22H27N3O2. The van der Waals surface area contributed by atoms with Crippen LogP contribution in [0.25, 0.3) is 0 Å². The maximum absolute atomic E-state index is 12.4. The molecular weight excluding hydrogens is 338 g/mol. The molecule has 1 aromatic heterocycles. The van der Waals surface area contributed by atoms with Crippen molar-refractivity contribution in [3.05, 3.63) is 59.9 Å². The highest BCUT2D eigenvalue weighted by Crippen LogP contribution is 2.43. The molecule has 4 rings (SSSR count). The van der Waals surface area contributed by atoms with Crippen LogP contribution in [0.4, 0.5) is 0 Å². The van der Waals surface area contributed by atoms with Crippen LogP contribution in [0.5, 0.6) is 5.75 Å². The van der Waals surface area contributed by atoms with Crippen LogP contribution in [-0.4, -0.2) is 53.5 Å². The molecule has 5 nitrogen and oxygen atoms in total. The lowest BCUT2D eigenvalue weighted by atomic mass is 9.74. The molecule has 2 aromatic rings. The zero-order valence-corrected chi connectivity index (χ0v) is 15.9. The van der Waals surface area contributed by atoms with Gasteiger partial charge in [0.15, 0.2) is 0 Å². The van der Waals surface area contributed by atoms with Gasteiger partial charge in [-0.25, -0.2) is 0 Å². The van der Waals surface area contributed by atoms with Crippen LogP contribution >= 0.6 is 0 Å². The van der Waals surface area contributed by atoms with E-state index >= 15 is 0 Å². The molecule has 2 aliphatic rings. The first-order valence-electron chi connectivity index (χ1n) is 9.81. The van der Waals surface area contributed by atoms with E-state index in [1.165, 1.54) is 11.1 Å². The summed E-state index contributed by atoms with van der Waals surface area (Å²) in [6.45, 7) is 6.09. The topological polar surface area (TPSA) is 45.7 Å². The maximum Gasteiger partial charge on any atom is 0.220 e. The molecule has 1 saturated heterocycles. The van der Waals surface area contributed by atoms with Crippen molar-refractivity contribution in [2.24, 2.45) is 0 Å². The number of fused-ring (bicyclic) bond motifs is 2. The Hall–Kier alpha value is -2.40. The van der Waals surface area contributed by atoms with E-state index in [9.17, 15) is 4.79 Å². The van der Waals surface area contributed by atoms with Gasteiger partial charge in [-0.15, -0.1) is 0 Å². The number of aromatic nitrogens is 1. The lowest BCUT2D eigenvalue weighted by molar-refractivity contribution is -0.139. The molecule has 1 spiro atoms. The summed E-state index contributed by atoms with van der Waals surface area (Å²) in [5, 5.41) is 0. The van der Waals surface area contributed by atoms with Crippen molar-refractivity contribution in [3.63, 3.8) is 0 Å². The molecule has 0 saturated carbocycles. The average molecular weight is 365 g/mol. The van der Waals surface area contributed by atoms with Gasteiger partial charge in [0.2, 0.25) is 5.91 Å². The van der Waals surface area contributed by atoms with Crippen molar-refractivity contribution in [3.8, 4) is 5.75 Å². The maximum atomic E-state index is 12.4. The predicted octanol–water partition coefficient (Wildman–Crippen LogP) is 2.86. The number of ether oxygens (including phenoxy) is 1. The monoisotopic (exact) mass is 365 g/mol. The summed E-state index contributed by atoms with van der Waals surface area (Å²) in [7, 11) is 0. The first kappa shape index (κ1) is 18.0. The Morgan fingerprint density at radius 3 is 2.59 bits per heavy atom. The van der Waals surface area contributed by atoms with E-state index in [4.69, 9.17) is 4.74 Å². The number of carbonyl (C=O) groups excluding carboxylic acids is 1. The van der Waals surface area contributed by atoms with Gasteiger partial charge in [-0.2, -0.15) is 0 Å². The lowest BCUT2D eigenvalue weighted by Gasteiger charge is -2.52. The fourth-order valence-corrected chi connectivity index (χ4v) is 4.66. The molecule has 1 aromatic carbocycles. The Labute approximate surface area is 161 Å². The standard InChI is InChI=1S/C22H27N3O2/c1-18(26)25-13-8-19-4-2-3-5-21(19)22(25)9-14-24(15-10-22)16-17-27-20-6-11-23-12-7-20/h2-7,11-12H,8-10,13-17H2,1H3. The summed E-state index contributed by atoms with van der Waals surface area (Å²) in [6.07, 6.45) is 6.42. The normalized spacial score (nSPS) is 18.9. The zero-order chi connectivity index (χ0) is 18.7. The van der Waals surface area contributed by atoms with Gasteiger partial charge < -0.3 is 9.64 Å². The molecule has 0 bridgehead atoms. The van der Waals surface area contributed by atoms with E-state index in [1.807, 2.05) is 12.1 Å². The molecule has 1 amide bonds. The number of likely N-dealkylation sites (tertiary alicyclic amines) is 1. The molecule has 142 valence electrons. The molecule has 0 aliphatic carbocycles. The van der Waals surface area contributed by atoms with Crippen molar-refractivity contribution in [2.45, 2.75) is 31.7 Å². The first-order valence-corrected chi connectivity index (χ1v) is 9.81. The number of nitrogens with zero attached hydrogens (tertiary/aromatic N) is 3. The summed E-state index contributed by atoms with van der Waals surface area (Å²) in [4.78, 5) is 21.0. The molecule has 5 heteroatoms. The second-order valence-corrected chi connectivity index (χ2v) is 7.48. The van der Waals surface area contributed by atoms with Crippen molar-refractivity contribution in [1.29, 1.82) is 0 Å². The van der Waals surface area contributed by atoms with Crippen LogP contribution in [0, 0.1) is 0 Å². The van der Waals surface area contributed by atoms with E-state index in [2.05, 4.69) is 39.0 Å². The van der Waals surface area contributed by atoms with Gasteiger partial charge >= 0.3 is 0 Å². The Bertz CT molecular complexity index is 785. The highest BCUT2D eigenvalue weighted by molar-refractivity contribution is 5.75. The molecule has 3 heterocycles. The van der Waals surface area contributed by atoms with Crippen molar-refractivity contribution < 1.29 is 9.53 Å². The molecule has 0 N–H and O–H groups in total.